The molecule has 94 valence electrons. The summed E-state index contributed by atoms with van der Waals surface area (Å²) in [6.07, 6.45) is 4.99. The Labute approximate surface area is 103 Å². The van der Waals surface area contributed by atoms with Gasteiger partial charge in [0.05, 0.1) is 6.54 Å². The number of hydrogen-bond acceptors (Lipinski definition) is 3. The molecule has 3 nitrogen and oxygen atoms in total. The molecule has 1 heterocycles. The smallest absolute Gasteiger partial charge is 0.234 e. The van der Waals surface area contributed by atoms with E-state index < -0.39 is 0 Å². The van der Waals surface area contributed by atoms with Crippen molar-refractivity contribution in [2.45, 2.75) is 50.8 Å². The molecule has 0 aliphatic carbocycles. The molecule has 0 aromatic rings. The van der Waals surface area contributed by atoms with Crippen molar-refractivity contribution in [1.29, 1.82) is 0 Å². The average molecular weight is 244 g/mol. The topological polar surface area (TPSA) is 41.1 Å². The van der Waals surface area contributed by atoms with Crippen LogP contribution in [0.3, 0.4) is 0 Å². The third-order valence-electron chi connectivity index (χ3n) is 2.95. The first-order valence-corrected chi connectivity index (χ1v) is 7.39. The van der Waals surface area contributed by atoms with Crippen LogP contribution in [0.15, 0.2) is 0 Å². The van der Waals surface area contributed by atoms with Crippen LogP contribution in [-0.2, 0) is 4.79 Å². The van der Waals surface area contributed by atoms with Gasteiger partial charge in [-0.05, 0) is 31.9 Å². The second kappa shape index (κ2) is 7.96. The lowest BCUT2D eigenvalue weighted by atomic mass is 10.2. The van der Waals surface area contributed by atoms with Crippen LogP contribution < -0.4 is 10.6 Å². The highest BCUT2D eigenvalue weighted by Crippen LogP contribution is 2.23. The van der Waals surface area contributed by atoms with E-state index in [2.05, 4.69) is 17.6 Å². The summed E-state index contributed by atoms with van der Waals surface area (Å²) >= 11 is 2.04. The second-order valence-corrected chi connectivity index (χ2v) is 5.90. The molecule has 16 heavy (non-hydrogen) atoms. The zero-order valence-electron chi connectivity index (χ0n) is 10.4. The predicted molar refractivity (Wildman–Crippen MR) is 70.9 cm³/mol. The van der Waals surface area contributed by atoms with Crippen LogP contribution in [0.25, 0.3) is 0 Å². The van der Waals surface area contributed by atoms with Gasteiger partial charge in [-0.1, -0.05) is 13.3 Å². The molecule has 1 aliphatic heterocycles. The fourth-order valence-electron chi connectivity index (χ4n) is 1.74. The van der Waals surface area contributed by atoms with Gasteiger partial charge in [-0.3, -0.25) is 4.79 Å². The SMILES string of the molecule is CCC(C)NC(=O)CNCC1CCCCS1. The molecule has 1 saturated heterocycles. The molecule has 2 N–H and O–H groups in total. The lowest BCUT2D eigenvalue weighted by Gasteiger charge is -2.21. The van der Waals surface area contributed by atoms with Crippen molar-refractivity contribution in [1.82, 2.24) is 10.6 Å². The van der Waals surface area contributed by atoms with Gasteiger partial charge in [0.1, 0.15) is 0 Å². The second-order valence-electron chi connectivity index (χ2n) is 4.50. The van der Waals surface area contributed by atoms with Crippen LogP contribution in [0, 0.1) is 0 Å². The van der Waals surface area contributed by atoms with E-state index in [-0.39, 0.29) is 5.91 Å². The number of nitrogens with one attached hydrogen (secondary N) is 2. The van der Waals surface area contributed by atoms with E-state index in [0.717, 1.165) is 13.0 Å². The van der Waals surface area contributed by atoms with E-state index in [1.165, 1.54) is 25.0 Å². The minimum Gasteiger partial charge on any atom is -0.353 e. The molecule has 1 rings (SSSR count). The van der Waals surface area contributed by atoms with E-state index in [1.54, 1.807) is 0 Å². The molecule has 2 unspecified atom stereocenters. The number of amides is 1. The van der Waals surface area contributed by atoms with Crippen LogP contribution in [0.1, 0.15) is 39.5 Å². The van der Waals surface area contributed by atoms with E-state index in [4.69, 9.17) is 0 Å². The highest BCUT2D eigenvalue weighted by Gasteiger charge is 2.13. The Kier molecular flexibility index (Phi) is 6.88. The van der Waals surface area contributed by atoms with E-state index in [1.807, 2.05) is 18.7 Å². The van der Waals surface area contributed by atoms with Crippen molar-refractivity contribution in [3.8, 4) is 0 Å². The molecular weight excluding hydrogens is 220 g/mol. The van der Waals surface area contributed by atoms with Gasteiger partial charge in [0.25, 0.3) is 0 Å². The van der Waals surface area contributed by atoms with Gasteiger partial charge in [-0.15, -0.1) is 0 Å². The van der Waals surface area contributed by atoms with Gasteiger partial charge in [0.15, 0.2) is 0 Å². The summed E-state index contributed by atoms with van der Waals surface area (Å²) < 4.78 is 0. The Balaban J connectivity index is 2.03. The first-order valence-electron chi connectivity index (χ1n) is 6.34. The van der Waals surface area contributed by atoms with Crippen LogP contribution in [0.5, 0.6) is 0 Å². The summed E-state index contributed by atoms with van der Waals surface area (Å²) in [5.74, 6) is 1.40. The molecule has 0 aromatic carbocycles. The zero-order chi connectivity index (χ0) is 11.8. The molecular formula is C12H24N2OS. The van der Waals surface area contributed by atoms with Crippen LogP contribution in [-0.4, -0.2) is 36.0 Å². The maximum Gasteiger partial charge on any atom is 0.234 e. The third kappa shape index (κ3) is 5.75. The molecule has 1 amide bonds. The fraction of sp³-hybridized carbons (Fsp3) is 0.917. The number of carbonyl (C=O) groups is 1. The van der Waals surface area contributed by atoms with Crippen molar-refractivity contribution < 1.29 is 4.79 Å². The lowest BCUT2D eigenvalue weighted by molar-refractivity contribution is -0.120. The molecule has 1 aliphatic rings. The number of thioether (sulfide) groups is 1. The van der Waals surface area contributed by atoms with Gasteiger partial charge in [-0.25, -0.2) is 0 Å². The molecule has 0 saturated carbocycles. The Morgan fingerprint density at radius 3 is 2.94 bits per heavy atom. The molecule has 0 bridgehead atoms. The van der Waals surface area contributed by atoms with Crippen LogP contribution in [0.4, 0.5) is 0 Å². The van der Waals surface area contributed by atoms with Crippen molar-refractivity contribution in [2.75, 3.05) is 18.8 Å². The number of carbonyl (C=O) groups excluding carboxylic acids is 1. The number of rotatable bonds is 6. The van der Waals surface area contributed by atoms with E-state index in [0.29, 0.717) is 17.8 Å². The molecule has 2 atom stereocenters. The van der Waals surface area contributed by atoms with Gasteiger partial charge < -0.3 is 10.6 Å². The summed E-state index contributed by atoms with van der Waals surface area (Å²) in [7, 11) is 0. The van der Waals surface area contributed by atoms with Crippen molar-refractivity contribution in [3.63, 3.8) is 0 Å². The Morgan fingerprint density at radius 1 is 1.50 bits per heavy atom. The largest absolute Gasteiger partial charge is 0.353 e. The minimum absolute atomic E-state index is 0.121. The minimum atomic E-state index is 0.121. The van der Waals surface area contributed by atoms with Crippen LogP contribution in [0.2, 0.25) is 0 Å². The Morgan fingerprint density at radius 2 is 2.31 bits per heavy atom. The average Bonchev–Trinajstić information content (AvgIpc) is 2.30. The monoisotopic (exact) mass is 244 g/mol. The lowest BCUT2D eigenvalue weighted by Crippen LogP contribution is -2.40. The van der Waals surface area contributed by atoms with Gasteiger partial charge >= 0.3 is 0 Å². The molecule has 1 fully saturated rings. The molecule has 0 aromatic heterocycles. The number of hydrogen-bond donors (Lipinski definition) is 2. The van der Waals surface area contributed by atoms with Crippen molar-refractivity contribution in [2.24, 2.45) is 0 Å². The van der Waals surface area contributed by atoms with Gasteiger partial charge in [-0.2, -0.15) is 11.8 Å². The summed E-state index contributed by atoms with van der Waals surface area (Å²) in [6, 6.07) is 0.290. The molecule has 4 heteroatoms. The maximum absolute atomic E-state index is 11.5. The third-order valence-corrected chi connectivity index (χ3v) is 4.35. The standard InChI is InChI=1S/C12H24N2OS/c1-3-10(2)14-12(15)9-13-8-11-6-4-5-7-16-11/h10-11,13H,3-9H2,1-2H3,(H,14,15). The molecule has 0 spiro atoms. The van der Waals surface area contributed by atoms with E-state index >= 15 is 0 Å². The summed E-state index contributed by atoms with van der Waals surface area (Å²) in [4.78, 5) is 11.5. The molecule has 0 radical (unpaired) electrons. The van der Waals surface area contributed by atoms with Gasteiger partial charge in [0.2, 0.25) is 5.91 Å². The van der Waals surface area contributed by atoms with Crippen molar-refractivity contribution in [3.05, 3.63) is 0 Å². The summed E-state index contributed by atoms with van der Waals surface area (Å²) in [5.41, 5.74) is 0. The maximum atomic E-state index is 11.5. The van der Waals surface area contributed by atoms with Crippen molar-refractivity contribution >= 4 is 17.7 Å². The van der Waals surface area contributed by atoms with Gasteiger partial charge in [0, 0.05) is 17.8 Å². The summed E-state index contributed by atoms with van der Waals surface area (Å²) in [6.45, 7) is 5.55. The predicted octanol–water partition coefficient (Wildman–Crippen LogP) is 1.78. The highest BCUT2D eigenvalue weighted by atomic mass is 32.2. The Hall–Kier alpha value is -0.220. The van der Waals surface area contributed by atoms with E-state index in [9.17, 15) is 4.79 Å². The first-order chi connectivity index (χ1) is 7.72. The highest BCUT2D eigenvalue weighted by molar-refractivity contribution is 7.99. The first kappa shape index (κ1) is 13.8. The normalized spacial score (nSPS) is 22.8. The Bertz CT molecular complexity index is 205. The van der Waals surface area contributed by atoms with Crippen LogP contribution >= 0.6 is 11.8 Å². The zero-order valence-corrected chi connectivity index (χ0v) is 11.2. The summed E-state index contributed by atoms with van der Waals surface area (Å²) in [5, 5.41) is 6.92. The fourth-order valence-corrected chi connectivity index (χ4v) is 3.02. The quantitative estimate of drug-likeness (QED) is 0.748.